The number of hydrogen-bond donors (Lipinski definition) is 1. The van der Waals surface area contributed by atoms with Gasteiger partial charge in [-0.05, 0) is 24.9 Å². The van der Waals surface area contributed by atoms with Gasteiger partial charge < -0.3 is 5.32 Å². The zero-order valence-corrected chi connectivity index (χ0v) is 12.4. The Kier molecular flexibility index (Phi) is 5.06. The third-order valence-corrected chi connectivity index (χ3v) is 4.60. The molecule has 3 rings (SSSR count). The van der Waals surface area contributed by atoms with Gasteiger partial charge in [0.25, 0.3) is 0 Å². The standard InChI is InChI=1S/C17H27N3/c1-2-6-16(7-3-1)14-19-10-12-20(13-11-19)15-17-8-4-5-9-18-17/h1-3,6-7,17-18H,4-5,8-15H2/t17-/m0/s1. The van der Waals surface area contributed by atoms with Crippen molar-refractivity contribution in [3.63, 3.8) is 0 Å². The molecular weight excluding hydrogens is 246 g/mol. The molecule has 0 aliphatic carbocycles. The van der Waals surface area contributed by atoms with E-state index in [4.69, 9.17) is 0 Å². The second-order valence-corrected chi connectivity index (χ2v) is 6.21. The lowest BCUT2D eigenvalue weighted by Gasteiger charge is -2.37. The van der Waals surface area contributed by atoms with E-state index in [9.17, 15) is 0 Å². The van der Waals surface area contributed by atoms with E-state index < -0.39 is 0 Å². The third-order valence-electron chi connectivity index (χ3n) is 4.60. The highest BCUT2D eigenvalue weighted by Gasteiger charge is 2.21. The molecular formula is C17H27N3. The molecule has 2 aliphatic rings. The second kappa shape index (κ2) is 7.21. The minimum Gasteiger partial charge on any atom is -0.313 e. The Labute approximate surface area is 123 Å². The first-order valence-electron chi connectivity index (χ1n) is 8.12. The average Bonchev–Trinajstić information content (AvgIpc) is 2.51. The number of hydrogen-bond acceptors (Lipinski definition) is 3. The van der Waals surface area contributed by atoms with Gasteiger partial charge in [0.05, 0.1) is 0 Å². The summed E-state index contributed by atoms with van der Waals surface area (Å²) < 4.78 is 0. The minimum absolute atomic E-state index is 0.740. The fraction of sp³-hybridized carbons (Fsp3) is 0.647. The zero-order valence-electron chi connectivity index (χ0n) is 12.4. The van der Waals surface area contributed by atoms with Gasteiger partial charge in [-0.3, -0.25) is 9.80 Å². The molecule has 110 valence electrons. The van der Waals surface area contributed by atoms with Crippen molar-refractivity contribution in [1.82, 2.24) is 15.1 Å². The van der Waals surface area contributed by atoms with Gasteiger partial charge in [-0.2, -0.15) is 0 Å². The Morgan fingerprint density at radius 3 is 2.40 bits per heavy atom. The van der Waals surface area contributed by atoms with Gasteiger partial charge in [0.2, 0.25) is 0 Å². The van der Waals surface area contributed by atoms with Crippen molar-refractivity contribution >= 4 is 0 Å². The number of rotatable bonds is 4. The number of nitrogens with zero attached hydrogens (tertiary/aromatic N) is 2. The van der Waals surface area contributed by atoms with Crippen LogP contribution in [0.2, 0.25) is 0 Å². The van der Waals surface area contributed by atoms with Crippen molar-refractivity contribution in [3.8, 4) is 0 Å². The van der Waals surface area contributed by atoms with E-state index in [-0.39, 0.29) is 0 Å². The van der Waals surface area contributed by atoms with E-state index in [0.717, 1.165) is 12.6 Å². The van der Waals surface area contributed by atoms with Crippen LogP contribution in [0.25, 0.3) is 0 Å². The van der Waals surface area contributed by atoms with Gasteiger partial charge in [-0.25, -0.2) is 0 Å². The van der Waals surface area contributed by atoms with Crippen molar-refractivity contribution in [2.75, 3.05) is 39.3 Å². The molecule has 0 spiro atoms. The van der Waals surface area contributed by atoms with Gasteiger partial charge in [0.15, 0.2) is 0 Å². The molecule has 0 bridgehead atoms. The van der Waals surface area contributed by atoms with E-state index in [1.807, 2.05) is 0 Å². The molecule has 1 aromatic rings. The predicted octanol–water partition coefficient (Wildman–Crippen LogP) is 1.95. The fourth-order valence-electron chi connectivity index (χ4n) is 3.36. The molecule has 0 aromatic heterocycles. The molecule has 1 atom stereocenters. The zero-order chi connectivity index (χ0) is 13.6. The smallest absolute Gasteiger partial charge is 0.0234 e. The summed E-state index contributed by atoms with van der Waals surface area (Å²) in [6, 6.07) is 11.6. The first-order valence-corrected chi connectivity index (χ1v) is 8.12. The maximum Gasteiger partial charge on any atom is 0.0234 e. The third kappa shape index (κ3) is 4.05. The summed E-state index contributed by atoms with van der Waals surface area (Å²) in [5.74, 6) is 0. The van der Waals surface area contributed by atoms with Crippen molar-refractivity contribution in [2.45, 2.75) is 31.8 Å². The molecule has 0 amide bonds. The topological polar surface area (TPSA) is 18.5 Å². The highest BCUT2D eigenvalue weighted by molar-refractivity contribution is 5.14. The monoisotopic (exact) mass is 273 g/mol. The Morgan fingerprint density at radius 1 is 0.950 bits per heavy atom. The van der Waals surface area contributed by atoms with Crippen LogP contribution in [-0.4, -0.2) is 55.1 Å². The molecule has 20 heavy (non-hydrogen) atoms. The molecule has 1 N–H and O–H groups in total. The van der Waals surface area contributed by atoms with Crippen molar-refractivity contribution < 1.29 is 0 Å². The first-order chi connectivity index (χ1) is 9.90. The van der Waals surface area contributed by atoms with Crippen LogP contribution in [0.4, 0.5) is 0 Å². The second-order valence-electron chi connectivity index (χ2n) is 6.21. The molecule has 1 aromatic carbocycles. The van der Waals surface area contributed by atoms with E-state index >= 15 is 0 Å². The average molecular weight is 273 g/mol. The first kappa shape index (κ1) is 14.1. The van der Waals surface area contributed by atoms with Crippen LogP contribution in [0, 0.1) is 0 Å². The van der Waals surface area contributed by atoms with Crippen LogP contribution in [0.15, 0.2) is 30.3 Å². The Balaban J connectivity index is 1.40. The molecule has 2 saturated heterocycles. The number of benzene rings is 1. The summed E-state index contributed by atoms with van der Waals surface area (Å²) in [7, 11) is 0. The van der Waals surface area contributed by atoms with Gasteiger partial charge in [0.1, 0.15) is 0 Å². The van der Waals surface area contributed by atoms with Gasteiger partial charge in [-0.15, -0.1) is 0 Å². The molecule has 2 aliphatic heterocycles. The molecule has 0 radical (unpaired) electrons. The lowest BCUT2D eigenvalue weighted by atomic mass is 10.0. The Bertz CT molecular complexity index is 378. The maximum absolute atomic E-state index is 3.66. The van der Waals surface area contributed by atoms with Crippen LogP contribution in [0.1, 0.15) is 24.8 Å². The summed E-state index contributed by atoms with van der Waals surface area (Å²) >= 11 is 0. The van der Waals surface area contributed by atoms with Crippen molar-refractivity contribution in [2.24, 2.45) is 0 Å². The summed E-state index contributed by atoms with van der Waals surface area (Å²) in [5, 5.41) is 3.66. The van der Waals surface area contributed by atoms with Gasteiger partial charge >= 0.3 is 0 Å². The molecule has 0 saturated carbocycles. The summed E-state index contributed by atoms with van der Waals surface area (Å²) in [4.78, 5) is 5.23. The van der Waals surface area contributed by atoms with Crippen LogP contribution in [0.3, 0.4) is 0 Å². The molecule has 2 heterocycles. The van der Waals surface area contributed by atoms with Crippen LogP contribution in [0.5, 0.6) is 0 Å². The SMILES string of the molecule is c1ccc(CN2CCN(C[C@@H]3CCCCN3)CC2)cc1. The predicted molar refractivity (Wildman–Crippen MR) is 83.8 cm³/mol. The van der Waals surface area contributed by atoms with Crippen molar-refractivity contribution in [1.29, 1.82) is 0 Å². The summed E-state index contributed by atoms with van der Waals surface area (Å²) in [6.45, 7) is 8.45. The van der Waals surface area contributed by atoms with Gasteiger partial charge in [-0.1, -0.05) is 36.8 Å². The normalized spacial score (nSPS) is 25.7. The number of piperidine rings is 1. The highest BCUT2D eigenvalue weighted by atomic mass is 15.3. The number of nitrogens with one attached hydrogen (secondary N) is 1. The van der Waals surface area contributed by atoms with Crippen LogP contribution in [-0.2, 0) is 6.54 Å². The minimum atomic E-state index is 0.740. The van der Waals surface area contributed by atoms with E-state index in [1.165, 1.54) is 64.1 Å². The number of piperazine rings is 1. The maximum atomic E-state index is 3.66. The van der Waals surface area contributed by atoms with E-state index in [1.54, 1.807) is 0 Å². The lowest BCUT2D eigenvalue weighted by molar-refractivity contribution is 0.114. The van der Waals surface area contributed by atoms with Gasteiger partial charge in [0, 0.05) is 45.3 Å². The van der Waals surface area contributed by atoms with E-state index in [0.29, 0.717) is 0 Å². The largest absolute Gasteiger partial charge is 0.313 e. The molecule has 3 nitrogen and oxygen atoms in total. The molecule has 2 fully saturated rings. The van der Waals surface area contributed by atoms with Crippen molar-refractivity contribution in [3.05, 3.63) is 35.9 Å². The highest BCUT2D eigenvalue weighted by Crippen LogP contribution is 2.12. The quantitative estimate of drug-likeness (QED) is 0.904. The van der Waals surface area contributed by atoms with Crippen LogP contribution < -0.4 is 5.32 Å². The lowest BCUT2D eigenvalue weighted by Crippen LogP contribution is -2.51. The summed E-state index contributed by atoms with van der Waals surface area (Å²) in [6.07, 6.45) is 4.14. The van der Waals surface area contributed by atoms with Crippen LogP contribution >= 0.6 is 0 Å². The summed E-state index contributed by atoms with van der Waals surface area (Å²) in [5.41, 5.74) is 1.44. The fourth-order valence-corrected chi connectivity index (χ4v) is 3.36. The Hall–Kier alpha value is -0.900. The van der Waals surface area contributed by atoms with E-state index in [2.05, 4.69) is 45.4 Å². The Morgan fingerprint density at radius 2 is 1.70 bits per heavy atom. The molecule has 3 heteroatoms. The molecule has 0 unspecified atom stereocenters.